The van der Waals surface area contributed by atoms with Crippen LogP contribution in [-0.2, 0) is 4.79 Å². The molecule has 5 heteroatoms. The maximum Gasteiger partial charge on any atom is 0.325 e. The van der Waals surface area contributed by atoms with Crippen LogP contribution in [0.5, 0.6) is 0 Å². The third-order valence-corrected chi connectivity index (χ3v) is 3.01. The van der Waals surface area contributed by atoms with Crippen molar-refractivity contribution >= 4 is 11.9 Å². The molecule has 0 radical (unpaired) electrons. The van der Waals surface area contributed by atoms with Crippen molar-refractivity contribution in [3.63, 3.8) is 0 Å². The third-order valence-electron chi connectivity index (χ3n) is 3.01. The third kappa shape index (κ3) is 2.12. The summed E-state index contributed by atoms with van der Waals surface area (Å²) < 4.78 is 0. The van der Waals surface area contributed by atoms with Crippen molar-refractivity contribution in [2.75, 3.05) is 27.2 Å². The van der Waals surface area contributed by atoms with E-state index < -0.39 is 5.54 Å². The molecule has 1 aliphatic heterocycles. The Balaban J connectivity index is 2.75. The lowest BCUT2D eigenvalue weighted by Gasteiger charge is -2.31. The fourth-order valence-corrected chi connectivity index (χ4v) is 1.65. The summed E-state index contributed by atoms with van der Waals surface area (Å²) in [6.07, 6.45) is 0.637. The molecule has 0 saturated carbocycles. The number of carbonyl (C=O) groups is 2. The first-order valence-electron chi connectivity index (χ1n) is 5.19. The van der Waals surface area contributed by atoms with Crippen LogP contribution in [0.1, 0.15) is 20.3 Å². The first kappa shape index (κ1) is 12.0. The Bertz CT molecular complexity index is 278. The normalized spacial score (nSPS) is 26.3. The first-order chi connectivity index (χ1) is 6.91. The largest absolute Gasteiger partial charge is 0.325 e. The van der Waals surface area contributed by atoms with E-state index >= 15 is 0 Å². The zero-order valence-electron chi connectivity index (χ0n) is 9.83. The average Bonchev–Trinajstić information content (AvgIpc) is 2.36. The molecule has 1 unspecified atom stereocenters. The van der Waals surface area contributed by atoms with Gasteiger partial charge in [-0.3, -0.25) is 10.1 Å². The van der Waals surface area contributed by atoms with Gasteiger partial charge in [0.2, 0.25) is 0 Å². The van der Waals surface area contributed by atoms with Crippen LogP contribution in [0.4, 0.5) is 4.79 Å². The minimum Gasteiger partial charge on any atom is -0.309 e. The van der Waals surface area contributed by atoms with Crippen LogP contribution in [0.3, 0.4) is 0 Å². The predicted octanol–water partition coefficient (Wildman–Crippen LogP) is 0.269. The molecule has 0 bridgehead atoms. The highest BCUT2D eigenvalue weighted by atomic mass is 16.2. The van der Waals surface area contributed by atoms with Crippen molar-refractivity contribution in [2.45, 2.75) is 25.8 Å². The summed E-state index contributed by atoms with van der Waals surface area (Å²) in [5, 5.41) is 2.36. The lowest BCUT2D eigenvalue weighted by atomic mass is 9.97. The van der Waals surface area contributed by atoms with Gasteiger partial charge in [-0.1, -0.05) is 6.92 Å². The van der Waals surface area contributed by atoms with Crippen molar-refractivity contribution in [3.8, 4) is 0 Å². The van der Waals surface area contributed by atoms with E-state index in [1.165, 1.54) is 0 Å². The van der Waals surface area contributed by atoms with Gasteiger partial charge in [-0.15, -0.1) is 0 Å². The number of amides is 3. The second-order valence-electron chi connectivity index (χ2n) is 4.34. The van der Waals surface area contributed by atoms with Crippen molar-refractivity contribution in [1.29, 1.82) is 0 Å². The van der Waals surface area contributed by atoms with Gasteiger partial charge in [0, 0.05) is 13.1 Å². The van der Waals surface area contributed by atoms with Crippen LogP contribution in [0.2, 0.25) is 0 Å². The van der Waals surface area contributed by atoms with E-state index in [2.05, 4.69) is 5.32 Å². The fourth-order valence-electron chi connectivity index (χ4n) is 1.65. The number of imide groups is 1. The van der Waals surface area contributed by atoms with Crippen LogP contribution in [0.15, 0.2) is 0 Å². The van der Waals surface area contributed by atoms with Gasteiger partial charge >= 0.3 is 6.03 Å². The van der Waals surface area contributed by atoms with Crippen molar-refractivity contribution in [2.24, 2.45) is 0 Å². The lowest BCUT2D eigenvalue weighted by Crippen LogP contribution is -2.48. The number of likely N-dealkylation sites (N-methyl/N-ethyl adjacent to an activating group) is 1. The van der Waals surface area contributed by atoms with Crippen molar-refractivity contribution < 1.29 is 9.59 Å². The highest BCUT2D eigenvalue weighted by Gasteiger charge is 2.47. The van der Waals surface area contributed by atoms with E-state index in [0.29, 0.717) is 13.0 Å². The topological polar surface area (TPSA) is 52.7 Å². The van der Waals surface area contributed by atoms with Crippen LogP contribution >= 0.6 is 0 Å². The number of urea groups is 1. The molecule has 0 aromatic rings. The Morgan fingerprint density at radius 3 is 2.47 bits per heavy atom. The van der Waals surface area contributed by atoms with Crippen molar-refractivity contribution in [1.82, 2.24) is 15.1 Å². The molecule has 3 amide bonds. The van der Waals surface area contributed by atoms with E-state index in [4.69, 9.17) is 0 Å². The van der Waals surface area contributed by atoms with Gasteiger partial charge in [0.15, 0.2) is 0 Å². The molecule has 1 fully saturated rings. The molecule has 1 saturated heterocycles. The Morgan fingerprint density at radius 1 is 1.40 bits per heavy atom. The summed E-state index contributed by atoms with van der Waals surface area (Å²) in [5.74, 6) is -0.186. The summed E-state index contributed by atoms with van der Waals surface area (Å²) in [7, 11) is 3.89. The molecular formula is C10H19N3O2. The molecule has 0 aromatic carbocycles. The monoisotopic (exact) mass is 213 g/mol. The van der Waals surface area contributed by atoms with E-state index in [1.807, 2.05) is 32.8 Å². The maximum atomic E-state index is 11.6. The molecule has 0 aromatic heterocycles. The van der Waals surface area contributed by atoms with E-state index in [9.17, 15) is 9.59 Å². The number of carbonyl (C=O) groups excluding carboxylic acids is 2. The SMILES string of the molecule is CCC1(C)C(=O)NC(=O)N1CCN(C)C. The zero-order chi connectivity index (χ0) is 11.6. The summed E-state index contributed by atoms with van der Waals surface area (Å²) in [5.41, 5.74) is -0.674. The first-order valence-corrected chi connectivity index (χ1v) is 5.19. The minimum absolute atomic E-state index is 0.186. The van der Waals surface area contributed by atoms with Crippen LogP contribution < -0.4 is 5.32 Å². The van der Waals surface area contributed by atoms with Gasteiger partial charge in [0.25, 0.3) is 5.91 Å². The van der Waals surface area contributed by atoms with E-state index in [0.717, 1.165) is 6.54 Å². The molecule has 1 rings (SSSR count). The number of hydrogen-bond acceptors (Lipinski definition) is 3. The molecule has 1 heterocycles. The minimum atomic E-state index is -0.674. The Kier molecular flexibility index (Phi) is 3.34. The summed E-state index contributed by atoms with van der Waals surface area (Å²) in [6, 6.07) is -0.272. The maximum absolute atomic E-state index is 11.6. The highest BCUT2D eigenvalue weighted by Crippen LogP contribution is 2.24. The highest BCUT2D eigenvalue weighted by molar-refractivity contribution is 6.06. The number of nitrogens with zero attached hydrogens (tertiary/aromatic N) is 2. The second kappa shape index (κ2) is 4.18. The van der Waals surface area contributed by atoms with Gasteiger partial charge in [-0.25, -0.2) is 4.79 Å². The molecule has 1 atom stereocenters. The number of rotatable bonds is 4. The molecule has 5 nitrogen and oxygen atoms in total. The van der Waals surface area contributed by atoms with E-state index in [1.54, 1.807) is 4.90 Å². The van der Waals surface area contributed by atoms with E-state index in [-0.39, 0.29) is 11.9 Å². The van der Waals surface area contributed by atoms with Crippen molar-refractivity contribution in [3.05, 3.63) is 0 Å². The quantitative estimate of drug-likeness (QED) is 0.682. The number of nitrogens with one attached hydrogen (secondary N) is 1. The average molecular weight is 213 g/mol. The Labute approximate surface area is 90.4 Å². The molecule has 86 valence electrons. The summed E-state index contributed by atoms with van der Waals surface area (Å²) in [6.45, 7) is 5.06. The van der Waals surface area contributed by atoms with Gasteiger partial charge in [-0.2, -0.15) is 0 Å². The smallest absolute Gasteiger partial charge is 0.309 e. The van der Waals surface area contributed by atoms with Crippen LogP contribution in [-0.4, -0.2) is 54.5 Å². The summed E-state index contributed by atoms with van der Waals surface area (Å²) >= 11 is 0. The molecular weight excluding hydrogens is 194 g/mol. The van der Waals surface area contributed by atoms with Gasteiger partial charge in [0.1, 0.15) is 5.54 Å². The summed E-state index contributed by atoms with van der Waals surface area (Å²) in [4.78, 5) is 26.8. The fraction of sp³-hybridized carbons (Fsp3) is 0.800. The second-order valence-corrected chi connectivity index (χ2v) is 4.34. The van der Waals surface area contributed by atoms with Gasteiger partial charge in [-0.05, 0) is 27.4 Å². The predicted molar refractivity (Wildman–Crippen MR) is 57.5 cm³/mol. The molecule has 0 aliphatic carbocycles. The molecule has 15 heavy (non-hydrogen) atoms. The van der Waals surface area contributed by atoms with Crippen LogP contribution in [0, 0.1) is 0 Å². The lowest BCUT2D eigenvalue weighted by molar-refractivity contribution is -0.126. The zero-order valence-corrected chi connectivity index (χ0v) is 9.83. The molecule has 1 aliphatic rings. The number of hydrogen-bond donors (Lipinski definition) is 1. The molecule has 1 N–H and O–H groups in total. The van der Waals surface area contributed by atoms with Gasteiger partial charge < -0.3 is 9.80 Å². The van der Waals surface area contributed by atoms with Crippen LogP contribution in [0.25, 0.3) is 0 Å². The standard InChI is InChI=1S/C10H19N3O2/c1-5-10(2)8(14)11-9(15)13(10)7-6-12(3)4/h5-7H2,1-4H3,(H,11,14,15). The van der Waals surface area contributed by atoms with Gasteiger partial charge in [0.05, 0.1) is 0 Å². The molecule has 0 spiro atoms. The Hall–Kier alpha value is -1.10. The Morgan fingerprint density at radius 2 is 2.00 bits per heavy atom.